The van der Waals surface area contributed by atoms with E-state index >= 15 is 0 Å². The van der Waals surface area contributed by atoms with Crippen LogP contribution in [0.2, 0.25) is 6.04 Å². The summed E-state index contributed by atoms with van der Waals surface area (Å²) in [7, 11) is -2.47. The molecule has 0 amide bonds. The van der Waals surface area contributed by atoms with Gasteiger partial charge in [0, 0.05) is 32.4 Å². The van der Waals surface area contributed by atoms with Crippen LogP contribution < -0.4 is 0 Å². The van der Waals surface area contributed by atoms with Gasteiger partial charge in [-0.05, 0) is 39.8 Å². The molecule has 0 rings (SSSR count). The summed E-state index contributed by atoms with van der Waals surface area (Å²) in [6.07, 6.45) is 9.35. The molecule has 0 heterocycles. The molecular weight excluding hydrogens is 282 g/mol. The normalized spacial score (nSPS) is 12.4. The molecule has 126 valence electrons. The van der Waals surface area contributed by atoms with Crippen LogP contribution >= 0.6 is 0 Å². The quantitative estimate of drug-likeness (QED) is 0.254. The van der Waals surface area contributed by atoms with Gasteiger partial charge in [0.15, 0.2) is 0 Å². The first-order chi connectivity index (χ1) is 10.2. The van der Waals surface area contributed by atoms with Crippen LogP contribution in [0, 0.1) is 0 Å². The molecule has 0 aliphatic heterocycles. The van der Waals surface area contributed by atoms with Crippen LogP contribution in [0.25, 0.3) is 0 Å². The molecule has 21 heavy (non-hydrogen) atoms. The number of rotatable bonds is 15. The standard InChI is InChI=1S/C16H35NO3Si/c1-5-9-10-11-12-14-17-15-13-16-21(18-6-2,19-7-3)20-8-4/h15H,5-14,16H2,1-4H3. The monoisotopic (exact) mass is 317 g/mol. The van der Waals surface area contributed by atoms with Crippen molar-refractivity contribution in [2.75, 3.05) is 26.4 Å². The second kappa shape index (κ2) is 14.7. The Morgan fingerprint density at radius 2 is 1.38 bits per heavy atom. The zero-order valence-electron chi connectivity index (χ0n) is 14.5. The van der Waals surface area contributed by atoms with Crippen molar-refractivity contribution in [3.63, 3.8) is 0 Å². The molecule has 0 bridgehead atoms. The second-order valence-corrected chi connectivity index (χ2v) is 7.76. The van der Waals surface area contributed by atoms with E-state index in [-0.39, 0.29) is 0 Å². The highest BCUT2D eigenvalue weighted by atomic mass is 28.4. The smallest absolute Gasteiger partial charge is 0.374 e. The lowest BCUT2D eigenvalue weighted by molar-refractivity contribution is 0.0719. The third kappa shape index (κ3) is 11.0. The van der Waals surface area contributed by atoms with Crippen LogP contribution in [0.15, 0.2) is 4.99 Å². The van der Waals surface area contributed by atoms with Crippen LogP contribution in [0.1, 0.15) is 66.2 Å². The van der Waals surface area contributed by atoms with E-state index in [9.17, 15) is 0 Å². The van der Waals surface area contributed by atoms with Crippen LogP contribution in [0.5, 0.6) is 0 Å². The number of nitrogens with zero attached hydrogens (tertiary/aromatic N) is 1. The predicted octanol–water partition coefficient (Wildman–Crippen LogP) is 4.47. The minimum absolute atomic E-state index is 0.640. The van der Waals surface area contributed by atoms with Gasteiger partial charge in [0.05, 0.1) is 0 Å². The van der Waals surface area contributed by atoms with Gasteiger partial charge >= 0.3 is 8.80 Å². The van der Waals surface area contributed by atoms with Crippen LogP contribution in [-0.4, -0.2) is 41.4 Å². The maximum absolute atomic E-state index is 5.82. The molecule has 4 nitrogen and oxygen atoms in total. The predicted molar refractivity (Wildman–Crippen MR) is 92.2 cm³/mol. The highest BCUT2D eigenvalue weighted by Crippen LogP contribution is 2.17. The fourth-order valence-corrected chi connectivity index (χ4v) is 4.72. The van der Waals surface area contributed by atoms with Gasteiger partial charge in [-0.1, -0.05) is 32.6 Å². The van der Waals surface area contributed by atoms with Crippen molar-refractivity contribution in [3.8, 4) is 0 Å². The second-order valence-electron chi connectivity index (χ2n) is 5.02. The Hall–Kier alpha value is -0.233. The molecule has 0 aliphatic rings. The van der Waals surface area contributed by atoms with E-state index in [4.69, 9.17) is 13.3 Å². The first-order valence-electron chi connectivity index (χ1n) is 8.64. The summed E-state index contributed by atoms with van der Waals surface area (Å²) < 4.78 is 17.4. The van der Waals surface area contributed by atoms with Gasteiger partial charge in [-0.25, -0.2) is 0 Å². The first-order valence-corrected chi connectivity index (χ1v) is 10.6. The van der Waals surface area contributed by atoms with Crippen LogP contribution in [0.4, 0.5) is 0 Å². The molecule has 0 atom stereocenters. The lowest BCUT2D eigenvalue weighted by Gasteiger charge is -2.27. The maximum atomic E-state index is 5.82. The molecule has 0 unspecified atom stereocenters. The molecule has 0 aliphatic carbocycles. The Bertz CT molecular complexity index is 233. The van der Waals surface area contributed by atoms with E-state index < -0.39 is 8.80 Å². The summed E-state index contributed by atoms with van der Waals surface area (Å²) >= 11 is 0. The Morgan fingerprint density at radius 1 is 0.810 bits per heavy atom. The van der Waals surface area contributed by atoms with Gasteiger partial charge in [0.2, 0.25) is 0 Å². The number of unbranched alkanes of at least 4 members (excludes halogenated alkanes) is 4. The summed E-state index contributed by atoms with van der Waals surface area (Å²) in [5.41, 5.74) is 0. The van der Waals surface area contributed by atoms with E-state index in [2.05, 4.69) is 11.9 Å². The average Bonchev–Trinajstić information content (AvgIpc) is 2.46. The van der Waals surface area contributed by atoms with Gasteiger partial charge in [-0.15, -0.1) is 0 Å². The van der Waals surface area contributed by atoms with Crippen molar-refractivity contribution in [2.24, 2.45) is 4.99 Å². The first kappa shape index (κ1) is 20.8. The zero-order valence-corrected chi connectivity index (χ0v) is 15.5. The van der Waals surface area contributed by atoms with Crippen molar-refractivity contribution in [1.29, 1.82) is 0 Å². The molecule has 0 fully saturated rings. The van der Waals surface area contributed by atoms with Gasteiger partial charge in [0.25, 0.3) is 0 Å². The van der Waals surface area contributed by atoms with Crippen LogP contribution in [0.3, 0.4) is 0 Å². The lowest BCUT2D eigenvalue weighted by Crippen LogP contribution is -2.46. The summed E-state index contributed by atoms with van der Waals surface area (Å²) in [6, 6.07) is 0.821. The maximum Gasteiger partial charge on any atom is 0.501 e. The summed E-state index contributed by atoms with van der Waals surface area (Å²) in [6.45, 7) is 11.1. The number of hydrogen-bond donors (Lipinski definition) is 0. The van der Waals surface area contributed by atoms with Gasteiger partial charge in [-0.2, -0.15) is 0 Å². The van der Waals surface area contributed by atoms with E-state index in [1.807, 2.05) is 27.0 Å². The lowest BCUT2D eigenvalue weighted by atomic mass is 10.2. The van der Waals surface area contributed by atoms with E-state index in [1.165, 1.54) is 32.1 Å². The van der Waals surface area contributed by atoms with Crippen molar-refractivity contribution < 1.29 is 13.3 Å². The minimum atomic E-state index is -2.47. The highest BCUT2D eigenvalue weighted by Gasteiger charge is 2.39. The van der Waals surface area contributed by atoms with Gasteiger partial charge < -0.3 is 13.3 Å². The average molecular weight is 318 g/mol. The molecule has 0 saturated carbocycles. The Morgan fingerprint density at radius 3 is 1.90 bits per heavy atom. The largest absolute Gasteiger partial charge is 0.501 e. The summed E-state index contributed by atoms with van der Waals surface area (Å²) in [4.78, 5) is 4.48. The third-order valence-corrected chi connectivity index (χ3v) is 6.28. The SMILES string of the molecule is CCCCCCCN=CCC[Si](OCC)(OCC)OCC. The molecule has 5 heteroatoms. The molecular formula is C16H35NO3Si. The van der Waals surface area contributed by atoms with Crippen LogP contribution in [-0.2, 0) is 13.3 Å². The van der Waals surface area contributed by atoms with Crippen molar-refractivity contribution in [3.05, 3.63) is 0 Å². The fourth-order valence-electron chi connectivity index (χ4n) is 2.23. The molecule has 0 N–H and O–H groups in total. The summed E-state index contributed by atoms with van der Waals surface area (Å²) in [5, 5.41) is 0. The zero-order chi connectivity index (χ0) is 15.8. The highest BCUT2D eigenvalue weighted by molar-refractivity contribution is 6.60. The van der Waals surface area contributed by atoms with E-state index in [0.717, 1.165) is 19.0 Å². The minimum Gasteiger partial charge on any atom is -0.374 e. The summed E-state index contributed by atoms with van der Waals surface area (Å²) in [5.74, 6) is 0. The molecule has 0 saturated heterocycles. The molecule has 0 aromatic carbocycles. The van der Waals surface area contributed by atoms with E-state index in [1.54, 1.807) is 0 Å². The van der Waals surface area contributed by atoms with E-state index in [0.29, 0.717) is 19.8 Å². The molecule has 0 aromatic rings. The van der Waals surface area contributed by atoms with Crippen molar-refractivity contribution >= 4 is 15.0 Å². The van der Waals surface area contributed by atoms with Crippen molar-refractivity contribution in [2.45, 2.75) is 72.3 Å². The van der Waals surface area contributed by atoms with Gasteiger partial charge in [0.1, 0.15) is 0 Å². The fraction of sp³-hybridized carbons (Fsp3) is 0.938. The molecule has 0 spiro atoms. The Balaban J connectivity index is 3.94. The topological polar surface area (TPSA) is 40.0 Å². The Kier molecular flexibility index (Phi) is 14.5. The molecule has 0 radical (unpaired) electrons. The van der Waals surface area contributed by atoms with Crippen molar-refractivity contribution in [1.82, 2.24) is 0 Å². The number of aliphatic imine (C=N–C) groups is 1. The Labute approximate surface area is 132 Å². The van der Waals surface area contributed by atoms with Gasteiger partial charge in [-0.3, -0.25) is 4.99 Å². The molecule has 0 aromatic heterocycles. The number of hydrogen-bond acceptors (Lipinski definition) is 4. The third-order valence-electron chi connectivity index (χ3n) is 3.19.